The minimum absolute atomic E-state index is 0.569. The molecule has 2 aromatic heterocycles. The summed E-state index contributed by atoms with van der Waals surface area (Å²) in [6, 6.07) is 3.93. The van der Waals surface area contributed by atoms with Gasteiger partial charge in [-0.2, -0.15) is 0 Å². The van der Waals surface area contributed by atoms with Gasteiger partial charge in [0.15, 0.2) is 0 Å². The number of pyridine rings is 1. The van der Waals surface area contributed by atoms with Gasteiger partial charge in [0, 0.05) is 17.6 Å². The third-order valence-electron chi connectivity index (χ3n) is 2.19. The normalized spacial score (nSPS) is 10.4. The van der Waals surface area contributed by atoms with Crippen LogP contribution in [-0.2, 0) is 0 Å². The van der Waals surface area contributed by atoms with E-state index in [9.17, 15) is 0 Å². The van der Waals surface area contributed by atoms with Crippen LogP contribution < -0.4 is 5.32 Å². The summed E-state index contributed by atoms with van der Waals surface area (Å²) < 4.78 is 0.903. The van der Waals surface area contributed by atoms with Crippen molar-refractivity contribution < 1.29 is 0 Å². The quantitative estimate of drug-likeness (QED) is 0.923. The van der Waals surface area contributed by atoms with Gasteiger partial charge in [-0.1, -0.05) is 0 Å². The van der Waals surface area contributed by atoms with Crippen molar-refractivity contribution in [2.75, 3.05) is 5.32 Å². The summed E-state index contributed by atoms with van der Waals surface area (Å²) in [5, 5.41) is 3.10. The van der Waals surface area contributed by atoms with Crippen LogP contribution in [0.1, 0.15) is 17.0 Å². The van der Waals surface area contributed by atoms with Crippen molar-refractivity contribution in [3.8, 4) is 0 Å². The number of rotatable bonds is 2. The number of anilines is 2. The van der Waals surface area contributed by atoms with E-state index in [-0.39, 0.29) is 0 Å². The van der Waals surface area contributed by atoms with Gasteiger partial charge >= 0.3 is 0 Å². The zero-order valence-corrected chi connectivity index (χ0v) is 11.5. The monoisotopic (exact) mass is 292 g/mol. The van der Waals surface area contributed by atoms with Crippen LogP contribution in [0, 0.1) is 20.8 Å². The fourth-order valence-corrected chi connectivity index (χ4v) is 2.08. The highest BCUT2D eigenvalue weighted by Gasteiger charge is 2.05. The lowest BCUT2D eigenvalue weighted by atomic mass is 10.3. The molecule has 2 heterocycles. The van der Waals surface area contributed by atoms with Gasteiger partial charge in [0.2, 0.25) is 5.95 Å². The van der Waals surface area contributed by atoms with Gasteiger partial charge in [-0.3, -0.25) is 0 Å². The van der Waals surface area contributed by atoms with E-state index in [0.29, 0.717) is 5.95 Å². The van der Waals surface area contributed by atoms with Gasteiger partial charge in [-0.15, -0.1) is 0 Å². The number of nitrogens with zero attached hydrogens (tertiary/aromatic N) is 3. The molecule has 2 aromatic rings. The fourth-order valence-electron chi connectivity index (χ4n) is 1.51. The minimum atomic E-state index is 0.569. The van der Waals surface area contributed by atoms with Crippen LogP contribution in [0.25, 0.3) is 0 Å². The zero-order valence-electron chi connectivity index (χ0n) is 9.95. The molecule has 5 heteroatoms. The van der Waals surface area contributed by atoms with Gasteiger partial charge < -0.3 is 5.32 Å². The van der Waals surface area contributed by atoms with E-state index in [1.807, 2.05) is 32.9 Å². The second-order valence-electron chi connectivity index (χ2n) is 3.94. The van der Waals surface area contributed by atoms with Crippen LogP contribution >= 0.6 is 15.9 Å². The van der Waals surface area contributed by atoms with E-state index >= 15 is 0 Å². The van der Waals surface area contributed by atoms with Gasteiger partial charge in [0.25, 0.3) is 0 Å². The number of aryl methyl sites for hydroxylation is 3. The lowest BCUT2D eigenvalue weighted by Gasteiger charge is -2.07. The summed E-state index contributed by atoms with van der Waals surface area (Å²) in [7, 11) is 0. The largest absolute Gasteiger partial charge is 0.308 e. The molecule has 0 aliphatic carbocycles. The molecule has 0 aromatic carbocycles. The topological polar surface area (TPSA) is 50.7 Å². The van der Waals surface area contributed by atoms with E-state index in [4.69, 9.17) is 0 Å². The number of halogens is 1. The van der Waals surface area contributed by atoms with E-state index in [1.54, 1.807) is 6.20 Å². The number of hydrogen-bond acceptors (Lipinski definition) is 4. The molecule has 17 heavy (non-hydrogen) atoms. The Morgan fingerprint density at radius 2 is 1.71 bits per heavy atom. The molecule has 0 atom stereocenters. The Morgan fingerprint density at radius 1 is 1.06 bits per heavy atom. The predicted octanol–water partition coefficient (Wildman–Crippen LogP) is 3.30. The zero-order chi connectivity index (χ0) is 12.4. The summed E-state index contributed by atoms with van der Waals surface area (Å²) in [5.74, 6) is 1.29. The molecule has 0 bridgehead atoms. The van der Waals surface area contributed by atoms with Crippen molar-refractivity contribution in [2.24, 2.45) is 0 Å². The van der Waals surface area contributed by atoms with Crippen molar-refractivity contribution in [3.05, 3.63) is 39.8 Å². The standard InChI is InChI=1S/C12H13BrN4/c1-7-4-10(13)11(14-6-7)17-12-15-8(2)5-9(3)16-12/h4-6H,1-3H3,(H,14,15,16,17). The molecular formula is C12H13BrN4. The highest BCUT2D eigenvalue weighted by atomic mass is 79.9. The average Bonchev–Trinajstić information content (AvgIpc) is 2.21. The Kier molecular flexibility index (Phi) is 3.38. The Hall–Kier alpha value is -1.49. The molecule has 1 N–H and O–H groups in total. The van der Waals surface area contributed by atoms with Crippen LogP contribution in [0.5, 0.6) is 0 Å². The number of nitrogens with one attached hydrogen (secondary N) is 1. The molecule has 0 aliphatic heterocycles. The van der Waals surface area contributed by atoms with Crippen molar-refractivity contribution in [1.29, 1.82) is 0 Å². The van der Waals surface area contributed by atoms with Gasteiger partial charge in [-0.25, -0.2) is 15.0 Å². The molecule has 0 fully saturated rings. The molecule has 0 radical (unpaired) electrons. The second-order valence-corrected chi connectivity index (χ2v) is 4.80. The van der Waals surface area contributed by atoms with Crippen LogP contribution in [0.3, 0.4) is 0 Å². The summed E-state index contributed by atoms with van der Waals surface area (Å²) in [5.41, 5.74) is 2.97. The molecule has 2 rings (SSSR count). The van der Waals surface area contributed by atoms with E-state index in [1.165, 1.54) is 0 Å². The predicted molar refractivity (Wildman–Crippen MR) is 71.5 cm³/mol. The molecule has 0 saturated carbocycles. The molecule has 0 amide bonds. The first-order chi connectivity index (χ1) is 8.04. The summed E-state index contributed by atoms with van der Waals surface area (Å²) in [4.78, 5) is 12.9. The SMILES string of the molecule is Cc1cnc(Nc2nc(C)cc(C)n2)c(Br)c1. The molecule has 4 nitrogen and oxygen atoms in total. The van der Waals surface area contributed by atoms with E-state index < -0.39 is 0 Å². The maximum absolute atomic E-state index is 4.31. The third-order valence-corrected chi connectivity index (χ3v) is 2.79. The first-order valence-electron chi connectivity index (χ1n) is 5.26. The molecule has 0 unspecified atom stereocenters. The average molecular weight is 293 g/mol. The Balaban J connectivity index is 2.31. The maximum atomic E-state index is 4.31. The lowest BCUT2D eigenvalue weighted by Crippen LogP contribution is -2.02. The first kappa shape index (κ1) is 12.0. The summed E-state index contributed by atoms with van der Waals surface area (Å²) in [6.45, 7) is 5.88. The molecule has 0 saturated heterocycles. The second kappa shape index (κ2) is 4.79. The molecule has 0 spiro atoms. The Labute approximate surface area is 109 Å². The highest BCUT2D eigenvalue weighted by Crippen LogP contribution is 2.22. The molecular weight excluding hydrogens is 280 g/mol. The van der Waals surface area contributed by atoms with Crippen molar-refractivity contribution in [2.45, 2.75) is 20.8 Å². The molecule has 88 valence electrons. The van der Waals surface area contributed by atoms with Crippen LogP contribution in [0.15, 0.2) is 22.8 Å². The van der Waals surface area contributed by atoms with Crippen LogP contribution in [0.4, 0.5) is 11.8 Å². The first-order valence-corrected chi connectivity index (χ1v) is 6.05. The Bertz CT molecular complexity index is 534. The third kappa shape index (κ3) is 3.00. The fraction of sp³-hybridized carbons (Fsp3) is 0.250. The smallest absolute Gasteiger partial charge is 0.228 e. The van der Waals surface area contributed by atoms with Crippen molar-refractivity contribution in [1.82, 2.24) is 15.0 Å². The Morgan fingerprint density at radius 3 is 2.29 bits per heavy atom. The lowest BCUT2D eigenvalue weighted by molar-refractivity contribution is 1.05. The highest BCUT2D eigenvalue weighted by molar-refractivity contribution is 9.10. The van der Waals surface area contributed by atoms with Crippen molar-refractivity contribution in [3.63, 3.8) is 0 Å². The van der Waals surface area contributed by atoms with Gasteiger partial charge in [0.05, 0.1) is 4.47 Å². The molecule has 0 aliphatic rings. The van der Waals surface area contributed by atoms with Gasteiger partial charge in [-0.05, 0) is 54.4 Å². The van der Waals surface area contributed by atoms with Crippen molar-refractivity contribution >= 4 is 27.7 Å². The number of aromatic nitrogens is 3. The van der Waals surface area contributed by atoms with Crippen LogP contribution in [-0.4, -0.2) is 15.0 Å². The summed E-state index contributed by atoms with van der Waals surface area (Å²) in [6.07, 6.45) is 1.80. The van der Waals surface area contributed by atoms with Crippen LogP contribution in [0.2, 0.25) is 0 Å². The van der Waals surface area contributed by atoms with Gasteiger partial charge in [0.1, 0.15) is 5.82 Å². The summed E-state index contributed by atoms with van der Waals surface area (Å²) >= 11 is 3.46. The number of hydrogen-bond donors (Lipinski definition) is 1. The minimum Gasteiger partial charge on any atom is -0.308 e. The van der Waals surface area contributed by atoms with E-state index in [0.717, 1.165) is 27.2 Å². The van der Waals surface area contributed by atoms with E-state index in [2.05, 4.69) is 36.2 Å². The maximum Gasteiger partial charge on any atom is 0.228 e.